The van der Waals surface area contributed by atoms with Crippen molar-refractivity contribution in [3.8, 4) is 0 Å². The van der Waals surface area contributed by atoms with Gasteiger partial charge in [-0.3, -0.25) is 9.59 Å². The summed E-state index contributed by atoms with van der Waals surface area (Å²) in [6, 6.07) is 0.110. The Bertz CT molecular complexity index is 311. The molecule has 0 aliphatic carbocycles. The minimum atomic E-state index is -0.430. The molecule has 2 atom stereocenters. The van der Waals surface area contributed by atoms with Crippen molar-refractivity contribution < 1.29 is 9.59 Å². The van der Waals surface area contributed by atoms with E-state index in [9.17, 15) is 9.59 Å². The lowest BCUT2D eigenvalue weighted by Crippen LogP contribution is -2.58. The molecule has 0 aromatic heterocycles. The van der Waals surface area contributed by atoms with Gasteiger partial charge in [0.25, 0.3) is 0 Å². The van der Waals surface area contributed by atoms with Gasteiger partial charge in [0.1, 0.15) is 0 Å². The van der Waals surface area contributed by atoms with Gasteiger partial charge < -0.3 is 16.0 Å². The average molecular weight is 239 g/mol. The predicted octanol–water partition coefficient (Wildman–Crippen LogP) is -0.0866. The van der Waals surface area contributed by atoms with Crippen LogP contribution in [-0.4, -0.2) is 36.5 Å². The molecule has 2 saturated heterocycles. The first-order valence-electron chi connectivity index (χ1n) is 6.43. The van der Waals surface area contributed by atoms with E-state index in [0.717, 1.165) is 32.2 Å². The van der Waals surface area contributed by atoms with Gasteiger partial charge in [0, 0.05) is 19.0 Å². The molecule has 2 aliphatic rings. The van der Waals surface area contributed by atoms with Crippen LogP contribution >= 0.6 is 0 Å². The third kappa shape index (κ3) is 2.97. The summed E-state index contributed by atoms with van der Waals surface area (Å²) in [5.74, 6) is 0.143. The fourth-order valence-electron chi connectivity index (χ4n) is 2.49. The number of hydrogen-bond donors (Lipinski definition) is 3. The highest BCUT2D eigenvalue weighted by Gasteiger charge is 2.34. The topological polar surface area (TPSA) is 70.2 Å². The fourth-order valence-corrected chi connectivity index (χ4v) is 2.49. The lowest BCUT2D eigenvalue weighted by molar-refractivity contribution is -0.128. The van der Waals surface area contributed by atoms with Crippen LogP contribution in [0.2, 0.25) is 0 Å². The lowest BCUT2D eigenvalue weighted by atomic mass is 9.90. The van der Waals surface area contributed by atoms with Crippen molar-refractivity contribution in [2.75, 3.05) is 13.1 Å². The average Bonchev–Trinajstić information content (AvgIpc) is 2.73. The van der Waals surface area contributed by atoms with Gasteiger partial charge in [-0.15, -0.1) is 0 Å². The normalized spacial score (nSPS) is 33.2. The zero-order valence-corrected chi connectivity index (χ0v) is 10.3. The zero-order chi connectivity index (χ0) is 12.3. The Labute approximate surface area is 102 Å². The van der Waals surface area contributed by atoms with Crippen LogP contribution in [0, 0.1) is 0 Å². The first-order chi connectivity index (χ1) is 8.10. The second kappa shape index (κ2) is 5.04. The predicted molar refractivity (Wildman–Crippen MR) is 64.4 cm³/mol. The summed E-state index contributed by atoms with van der Waals surface area (Å²) >= 11 is 0. The molecule has 0 radical (unpaired) electrons. The van der Waals surface area contributed by atoms with Crippen LogP contribution in [0.4, 0.5) is 0 Å². The number of hydrogen-bond acceptors (Lipinski definition) is 3. The van der Waals surface area contributed by atoms with Crippen LogP contribution in [0.1, 0.15) is 39.0 Å². The van der Waals surface area contributed by atoms with Crippen molar-refractivity contribution in [2.24, 2.45) is 0 Å². The van der Waals surface area contributed by atoms with E-state index >= 15 is 0 Å². The summed E-state index contributed by atoms with van der Waals surface area (Å²) in [5.41, 5.74) is -0.430. The Morgan fingerprint density at radius 2 is 2.35 bits per heavy atom. The Hall–Kier alpha value is -1.10. The monoisotopic (exact) mass is 239 g/mol. The molecule has 2 amide bonds. The molecule has 3 N–H and O–H groups in total. The van der Waals surface area contributed by atoms with Gasteiger partial charge in [0.2, 0.25) is 11.8 Å². The van der Waals surface area contributed by atoms with Gasteiger partial charge in [-0.25, -0.2) is 0 Å². The highest BCUT2D eigenvalue weighted by Crippen LogP contribution is 2.18. The summed E-state index contributed by atoms with van der Waals surface area (Å²) in [6.07, 6.45) is 4.52. The van der Waals surface area contributed by atoms with Crippen LogP contribution in [0.25, 0.3) is 0 Å². The molecule has 2 unspecified atom stereocenters. The molecule has 0 aromatic carbocycles. The molecule has 17 heavy (non-hydrogen) atoms. The SMILES string of the molecule is CC1(C(=O)NCC2CCC(=O)N2)CCCCN1. The van der Waals surface area contributed by atoms with E-state index in [1.54, 1.807) is 0 Å². The van der Waals surface area contributed by atoms with E-state index < -0.39 is 5.54 Å². The van der Waals surface area contributed by atoms with Crippen molar-refractivity contribution in [2.45, 2.75) is 50.6 Å². The first-order valence-corrected chi connectivity index (χ1v) is 6.43. The maximum atomic E-state index is 12.1. The van der Waals surface area contributed by atoms with Crippen LogP contribution in [0.15, 0.2) is 0 Å². The molecule has 2 aliphatic heterocycles. The Kier molecular flexibility index (Phi) is 3.66. The van der Waals surface area contributed by atoms with Gasteiger partial charge in [0.05, 0.1) is 5.54 Å². The Morgan fingerprint density at radius 3 is 2.94 bits per heavy atom. The molecule has 0 saturated carbocycles. The molecule has 2 rings (SSSR count). The van der Waals surface area contributed by atoms with Gasteiger partial charge in [-0.1, -0.05) is 0 Å². The summed E-state index contributed by atoms with van der Waals surface area (Å²) in [5, 5.41) is 9.07. The van der Waals surface area contributed by atoms with E-state index in [1.807, 2.05) is 6.92 Å². The van der Waals surface area contributed by atoms with Crippen LogP contribution < -0.4 is 16.0 Å². The summed E-state index contributed by atoms with van der Waals surface area (Å²) in [7, 11) is 0. The highest BCUT2D eigenvalue weighted by molar-refractivity contribution is 5.86. The largest absolute Gasteiger partial charge is 0.352 e. The Balaban J connectivity index is 1.78. The van der Waals surface area contributed by atoms with Crippen molar-refractivity contribution in [1.29, 1.82) is 0 Å². The molecule has 96 valence electrons. The second-order valence-corrected chi connectivity index (χ2v) is 5.23. The fraction of sp³-hybridized carbons (Fsp3) is 0.833. The zero-order valence-electron chi connectivity index (χ0n) is 10.3. The van der Waals surface area contributed by atoms with Crippen LogP contribution in [0.5, 0.6) is 0 Å². The molecule has 0 spiro atoms. The van der Waals surface area contributed by atoms with Crippen molar-refractivity contribution in [3.63, 3.8) is 0 Å². The number of nitrogens with one attached hydrogen (secondary N) is 3. The number of piperidine rings is 1. The maximum Gasteiger partial charge on any atom is 0.240 e. The Morgan fingerprint density at radius 1 is 1.53 bits per heavy atom. The summed E-state index contributed by atoms with van der Waals surface area (Å²) in [6.45, 7) is 3.40. The van der Waals surface area contributed by atoms with Crippen LogP contribution in [-0.2, 0) is 9.59 Å². The van der Waals surface area contributed by atoms with Gasteiger partial charge in [-0.2, -0.15) is 0 Å². The maximum absolute atomic E-state index is 12.1. The molecule has 0 aromatic rings. The minimum Gasteiger partial charge on any atom is -0.352 e. The molecule has 5 nitrogen and oxygen atoms in total. The molecule has 5 heteroatoms. The number of carbonyl (C=O) groups is 2. The molecular formula is C12H21N3O2. The van der Waals surface area contributed by atoms with E-state index in [0.29, 0.717) is 13.0 Å². The minimum absolute atomic E-state index is 0.0540. The summed E-state index contributed by atoms with van der Waals surface area (Å²) < 4.78 is 0. The van der Waals surface area contributed by atoms with Crippen molar-refractivity contribution >= 4 is 11.8 Å². The van der Waals surface area contributed by atoms with E-state index in [2.05, 4.69) is 16.0 Å². The van der Waals surface area contributed by atoms with Crippen molar-refractivity contribution in [1.82, 2.24) is 16.0 Å². The smallest absolute Gasteiger partial charge is 0.240 e. The molecular weight excluding hydrogens is 218 g/mol. The van der Waals surface area contributed by atoms with Gasteiger partial charge in [0.15, 0.2) is 0 Å². The van der Waals surface area contributed by atoms with E-state index in [-0.39, 0.29) is 17.9 Å². The van der Waals surface area contributed by atoms with Crippen LogP contribution in [0.3, 0.4) is 0 Å². The number of amides is 2. The second-order valence-electron chi connectivity index (χ2n) is 5.23. The quantitative estimate of drug-likeness (QED) is 0.645. The third-order valence-corrected chi connectivity index (χ3v) is 3.71. The van der Waals surface area contributed by atoms with Crippen molar-refractivity contribution in [3.05, 3.63) is 0 Å². The molecule has 0 bridgehead atoms. The van der Waals surface area contributed by atoms with E-state index in [4.69, 9.17) is 0 Å². The molecule has 2 fully saturated rings. The number of rotatable bonds is 3. The molecule has 2 heterocycles. The standard InChI is InChI=1S/C12H21N3O2/c1-12(6-2-3-7-14-12)11(17)13-8-9-4-5-10(16)15-9/h9,14H,2-8H2,1H3,(H,13,17)(H,15,16). The third-order valence-electron chi connectivity index (χ3n) is 3.71. The summed E-state index contributed by atoms with van der Waals surface area (Å²) in [4.78, 5) is 23.1. The van der Waals surface area contributed by atoms with Gasteiger partial charge in [-0.05, 0) is 39.2 Å². The lowest BCUT2D eigenvalue weighted by Gasteiger charge is -2.33. The van der Waals surface area contributed by atoms with Gasteiger partial charge >= 0.3 is 0 Å². The number of carbonyl (C=O) groups excluding carboxylic acids is 2. The first kappa shape index (κ1) is 12.4. The highest BCUT2D eigenvalue weighted by atomic mass is 16.2. The van der Waals surface area contributed by atoms with E-state index in [1.165, 1.54) is 0 Å².